The van der Waals surface area contributed by atoms with Crippen molar-refractivity contribution in [1.82, 2.24) is 4.90 Å². The summed E-state index contributed by atoms with van der Waals surface area (Å²) in [5.41, 5.74) is 0.536. The topological polar surface area (TPSA) is 32.7 Å². The third kappa shape index (κ3) is 2.28. The summed E-state index contributed by atoms with van der Waals surface area (Å²) in [6.45, 7) is 0. The molecule has 0 saturated heterocycles. The second-order valence-corrected chi connectivity index (χ2v) is 4.46. The van der Waals surface area contributed by atoms with E-state index >= 15 is 0 Å². The highest BCUT2D eigenvalue weighted by Crippen LogP contribution is 2.28. The second kappa shape index (κ2) is 4.00. The highest BCUT2D eigenvalue weighted by molar-refractivity contribution is 8.45. The van der Waals surface area contributed by atoms with E-state index in [2.05, 4.69) is 4.99 Å². The fourth-order valence-electron chi connectivity index (χ4n) is 0.712. The summed E-state index contributed by atoms with van der Waals surface area (Å²) in [7, 11) is 3.75. The highest BCUT2D eigenvalue weighted by atomic mass is 32.2. The number of carbonyl (C=O) groups is 1. The van der Waals surface area contributed by atoms with Crippen LogP contribution >= 0.6 is 23.5 Å². The molecule has 0 aromatic heterocycles. The van der Waals surface area contributed by atoms with Gasteiger partial charge in [-0.1, -0.05) is 0 Å². The molecule has 0 spiro atoms. The van der Waals surface area contributed by atoms with Crippen LogP contribution in [0.5, 0.6) is 0 Å². The number of rotatable bonds is 1. The number of nitrogens with zero attached hydrogens (tertiary/aromatic N) is 2. The van der Waals surface area contributed by atoms with Crippen LogP contribution in [0.25, 0.3) is 0 Å². The molecule has 0 N–H and O–H groups in total. The van der Waals surface area contributed by atoms with Gasteiger partial charge in [-0.15, -0.1) is 11.8 Å². The summed E-state index contributed by atoms with van der Waals surface area (Å²) in [5.74, 6) is 0. The van der Waals surface area contributed by atoms with Crippen LogP contribution in [0, 0.1) is 0 Å². The predicted octanol–water partition coefficient (Wildman–Crippen LogP) is 1.38. The Bertz CT molecular complexity index is 258. The number of thioether (sulfide) groups is 2. The van der Waals surface area contributed by atoms with Crippen molar-refractivity contribution >= 4 is 33.0 Å². The molecule has 0 aromatic rings. The molecule has 0 aromatic carbocycles. The maximum absolute atomic E-state index is 11.2. The summed E-state index contributed by atoms with van der Waals surface area (Å²) >= 11 is 2.69. The van der Waals surface area contributed by atoms with Crippen LogP contribution in [0.3, 0.4) is 0 Å². The van der Waals surface area contributed by atoms with E-state index in [4.69, 9.17) is 0 Å². The quantitative estimate of drug-likeness (QED) is 0.601. The average molecular weight is 202 g/mol. The monoisotopic (exact) mass is 202 g/mol. The molecule has 0 atom stereocenters. The Morgan fingerprint density at radius 1 is 1.58 bits per heavy atom. The molecule has 0 unspecified atom stereocenters. The van der Waals surface area contributed by atoms with Crippen molar-refractivity contribution in [1.29, 1.82) is 0 Å². The standard InChI is InChI=1S/C7H10N2OS2/c1-9(2)4-5-6(10)12-7(8-5)11-3/h4H,1-3H3. The molecule has 0 bridgehead atoms. The molecule has 3 nitrogen and oxygen atoms in total. The van der Waals surface area contributed by atoms with Gasteiger partial charge in [-0.2, -0.15) is 0 Å². The largest absolute Gasteiger partial charge is 0.382 e. The van der Waals surface area contributed by atoms with E-state index in [1.165, 1.54) is 23.5 Å². The van der Waals surface area contributed by atoms with Gasteiger partial charge in [0, 0.05) is 20.3 Å². The molecule has 0 amide bonds. The Labute approximate surface area is 80.3 Å². The van der Waals surface area contributed by atoms with Gasteiger partial charge in [0.25, 0.3) is 0 Å². The van der Waals surface area contributed by atoms with Gasteiger partial charge >= 0.3 is 0 Å². The molecule has 66 valence electrons. The summed E-state index contributed by atoms with van der Waals surface area (Å²) in [6, 6.07) is 0. The average Bonchev–Trinajstić information content (AvgIpc) is 2.31. The van der Waals surface area contributed by atoms with Crippen LogP contribution in [0.15, 0.2) is 16.9 Å². The van der Waals surface area contributed by atoms with E-state index < -0.39 is 0 Å². The van der Waals surface area contributed by atoms with Gasteiger partial charge < -0.3 is 4.90 Å². The van der Waals surface area contributed by atoms with Crippen LogP contribution in [-0.4, -0.2) is 34.7 Å². The molecule has 0 saturated carbocycles. The number of hydrogen-bond donors (Lipinski definition) is 0. The van der Waals surface area contributed by atoms with Gasteiger partial charge in [0.05, 0.1) is 0 Å². The summed E-state index contributed by atoms with van der Waals surface area (Å²) in [6.07, 6.45) is 3.65. The minimum atomic E-state index is 0.0352. The first-order valence-corrected chi connectivity index (χ1v) is 5.40. The Morgan fingerprint density at radius 2 is 2.25 bits per heavy atom. The summed E-state index contributed by atoms with van der Waals surface area (Å²) < 4.78 is 0.827. The fourth-order valence-corrected chi connectivity index (χ4v) is 1.97. The summed E-state index contributed by atoms with van der Waals surface area (Å²) in [5, 5.41) is 0.0352. The Kier molecular flexibility index (Phi) is 3.22. The van der Waals surface area contributed by atoms with Crippen molar-refractivity contribution in [3.05, 3.63) is 11.9 Å². The maximum atomic E-state index is 11.2. The first-order valence-electron chi connectivity index (χ1n) is 3.36. The molecule has 1 rings (SSSR count). The Hall–Kier alpha value is -0.420. The number of aliphatic imine (C=N–C) groups is 1. The van der Waals surface area contributed by atoms with Crippen molar-refractivity contribution in [2.75, 3.05) is 20.4 Å². The zero-order valence-electron chi connectivity index (χ0n) is 7.20. The zero-order valence-corrected chi connectivity index (χ0v) is 8.83. The lowest BCUT2D eigenvalue weighted by molar-refractivity contribution is -0.107. The van der Waals surface area contributed by atoms with Crippen molar-refractivity contribution in [3.63, 3.8) is 0 Å². The van der Waals surface area contributed by atoms with E-state index in [-0.39, 0.29) is 5.12 Å². The molecular weight excluding hydrogens is 192 g/mol. The van der Waals surface area contributed by atoms with Gasteiger partial charge in [0.2, 0.25) is 5.12 Å². The van der Waals surface area contributed by atoms with Crippen molar-refractivity contribution in [2.45, 2.75) is 0 Å². The van der Waals surface area contributed by atoms with E-state index in [0.717, 1.165) is 4.38 Å². The molecule has 0 radical (unpaired) electrons. The third-order valence-electron chi connectivity index (χ3n) is 1.16. The first kappa shape index (κ1) is 9.67. The van der Waals surface area contributed by atoms with Crippen LogP contribution in [0.4, 0.5) is 0 Å². The number of hydrogen-bond acceptors (Lipinski definition) is 5. The highest BCUT2D eigenvalue weighted by Gasteiger charge is 2.21. The third-order valence-corrected chi connectivity index (χ3v) is 3.01. The Balaban J connectivity index is 2.79. The van der Waals surface area contributed by atoms with Gasteiger partial charge in [-0.05, 0) is 18.0 Å². The Morgan fingerprint density at radius 3 is 2.67 bits per heavy atom. The van der Waals surface area contributed by atoms with Crippen LogP contribution in [0.1, 0.15) is 0 Å². The van der Waals surface area contributed by atoms with E-state index in [0.29, 0.717) is 5.70 Å². The molecular formula is C7H10N2OS2. The van der Waals surface area contributed by atoms with E-state index in [1.54, 1.807) is 6.20 Å². The molecule has 12 heavy (non-hydrogen) atoms. The van der Waals surface area contributed by atoms with Crippen molar-refractivity contribution < 1.29 is 4.79 Å². The SMILES string of the molecule is CSC1=NC(=CN(C)C)C(=O)S1. The molecule has 5 heteroatoms. The number of carbonyl (C=O) groups excluding carboxylic acids is 1. The smallest absolute Gasteiger partial charge is 0.246 e. The van der Waals surface area contributed by atoms with Crippen LogP contribution in [0.2, 0.25) is 0 Å². The second-order valence-electron chi connectivity index (χ2n) is 2.45. The van der Waals surface area contributed by atoms with Gasteiger partial charge in [0.15, 0.2) is 0 Å². The van der Waals surface area contributed by atoms with Gasteiger partial charge in [-0.25, -0.2) is 4.99 Å². The maximum Gasteiger partial charge on any atom is 0.246 e. The van der Waals surface area contributed by atoms with Gasteiger partial charge in [-0.3, -0.25) is 4.79 Å². The fraction of sp³-hybridized carbons (Fsp3) is 0.429. The van der Waals surface area contributed by atoms with Crippen molar-refractivity contribution in [3.8, 4) is 0 Å². The summed E-state index contributed by atoms with van der Waals surface area (Å²) in [4.78, 5) is 17.2. The normalized spacial score (nSPS) is 20.1. The lowest BCUT2D eigenvalue weighted by atomic mass is 10.5. The first-order chi connectivity index (χ1) is 5.63. The van der Waals surface area contributed by atoms with Crippen molar-refractivity contribution in [2.24, 2.45) is 4.99 Å². The lowest BCUT2D eigenvalue weighted by Gasteiger charge is -2.02. The van der Waals surface area contributed by atoms with Crippen LogP contribution in [-0.2, 0) is 4.79 Å². The molecule has 0 aliphatic carbocycles. The minimum absolute atomic E-state index is 0.0352. The lowest BCUT2D eigenvalue weighted by Crippen LogP contribution is -2.03. The van der Waals surface area contributed by atoms with E-state index in [1.807, 2.05) is 25.3 Å². The van der Waals surface area contributed by atoms with Crippen LogP contribution < -0.4 is 0 Å². The zero-order chi connectivity index (χ0) is 9.14. The van der Waals surface area contributed by atoms with E-state index in [9.17, 15) is 4.79 Å². The molecule has 1 aliphatic rings. The van der Waals surface area contributed by atoms with Gasteiger partial charge in [0.1, 0.15) is 10.1 Å². The molecule has 0 fully saturated rings. The molecule has 1 aliphatic heterocycles. The molecule has 1 heterocycles. The minimum Gasteiger partial charge on any atom is -0.382 e. The predicted molar refractivity (Wildman–Crippen MR) is 55.3 cm³/mol.